The molecule has 4 heteroatoms. The summed E-state index contributed by atoms with van der Waals surface area (Å²) in [4.78, 5) is 4.80. The van der Waals surface area contributed by atoms with Gasteiger partial charge in [0.05, 0.1) is 0 Å². The summed E-state index contributed by atoms with van der Waals surface area (Å²) in [6.07, 6.45) is 5.46. The lowest BCUT2D eigenvalue weighted by molar-refractivity contribution is 0.0581. The van der Waals surface area contributed by atoms with E-state index in [4.69, 9.17) is 0 Å². The number of halogens is 1. The molecule has 2 aliphatic rings. The molecule has 1 saturated carbocycles. The van der Waals surface area contributed by atoms with Crippen molar-refractivity contribution in [3.8, 4) is 0 Å². The highest BCUT2D eigenvalue weighted by Crippen LogP contribution is 2.31. The van der Waals surface area contributed by atoms with Gasteiger partial charge in [0.25, 0.3) is 0 Å². The fourth-order valence-corrected chi connectivity index (χ4v) is 3.45. The molecule has 0 bridgehead atoms. The molecule has 2 atom stereocenters. The summed E-state index contributed by atoms with van der Waals surface area (Å²) in [7, 11) is 1.96. The number of rotatable bonds is 4. The number of hydrogen-bond donors (Lipinski definition) is 1. The smallest absolute Gasteiger partial charge is 0.102 e. The second kappa shape index (κ2) is 7.23. The second-order valence-electron chi connectivity index (χ2n) is 6.04. The molecule has 114 valence electrons. The number of alkyl halides is 1. The van der Waals surface area contributed by atoms with E-state index in [1.54, 1.807) is 0 Å². The first-order valence-corrected chi connectivity index (χ1v) is 7.72. The monoisotopic (exact) mass is 281 g/mol. The Morgan fingerprint density at radius 3 is 2.85 bits per heavy atom. The van der Waals surface area contributed by atoms with E-state index in [1.165, 1.54) is 11.1 Å². The van der Waals surface area contributed by atoms with Gasteiger partial charge >= 0.3 is 0 Å². The Morgan fingerprint density at radius 2 is 2.20 bits per heavy atom. The summed E-state index contributed by atoms with van der Waals surface area (Å²) in [6.45, 7) is 9.85. The summed E-state index contributed by atoms with van der Waals surface area (Å²) >= 11 is 0. The van der Waals surface area contributed by atoms with Crippen LogP contribution in [-0.4, -0.2) is 61.8 Å². The van der Waals surface area contributed by atoms with Gasteiger partial charge in [-0.1, -0.05) is 17.7 Å². The minimum absolute atomic E-state index is 0.241. The molecule has 1 saturated heterocycles. The average Bonchev–Trinajstić information content (AvgIpc) is 2.44. The summed E-state index contributed by atoms with van der Waals surface area (Å²) < 4.78 is 12.5. The van der Waals surface area contributed by atoms with Gasteiger partial charge in [0.15, 0.2) is 0 Å². The van der Waals surface area contributed by atoms with Crippen molar-refractivity contribution in [2.45, 2.75) is 38.3 Å². The first-order chi connectivity index (χ1) is 9.65. The Kier molecular flexibility index (Phi) is 5.61. The van der Waals surface area contributed by atoms with Gasteiger partial charge in [0.1, 0.15) is 6.67 Å². The predicted molar refractivity (Wildman–Crippen MR) is 82.5 cm³/mol. The molecule has 2 rings (SSSR count). The zero-order chi connectivity index (χ0) is 14.5. The van der Waals surface area contributed by atoms with E-state index in [1.807, 2.05) is 7.05 Å². The van der Waals surface area contributed by atoms with Crippen LogP contribution in [0.3, 0.4) is 0 Å². The number of hydrogen-bond acceptors (Lipinski definition) is 3. The van der Waals surface area contributed by atoms with Crippen molar-refractivity contribution in [2.75, 3.05) is 39.9 Å². The summed E-state index contributed by atoms with van der Waals surface area (Å²) in [5.41, 5.74) is 2.85. The van der Waals surface area contributed by atoms with Crippen LogP contribution in [0.1, 0.15) is 26.2 Å². The van der Waals surface area contributed by atoms with Crippen LogP contribution in [0.4, 0.5) is 4.39 Å². The van der Waals surface area contributed by atoms with Crippen molar-refractivity contribution < 1.29 is 4.39 Å². The fraction of sp³-hybridized carbons (Fsp3) is 0.750. The molecular weight excluding hydrogens is 253 g/mol. The number of nitrogens with one attached hydrogen (secondary N) is 1. The first kappa shape index (κ1) is 15.5. The van der Waals surface area contributed by atoms with Crippen LogP contribution in [0, 0.1) is 0 Å². The van der Waals surface area contributed by atoms with Crippen LogP contribution in [0.5, 0.6) is 0 Å². The van der Waals surface area contributed by atoms with E-state index in [2.05, 4.69) is 34.8 Å². The predicted octanol–water partition coefficient (Wildman–Crippen LogP) is 2.17. The Bertz CT molecular complexity index is 367. The minimum Gasteiger partial charge on any atom is -0.394 e. The maximum Gasteiger partial charge on any atom is 0.102 e. The summed E-state index contributed by atoms with van der Waals surface area (Å²) in [6, 6.07) is 0.907. The third-order valence-corrected chi connectivity index (χ3v) is 4.65. The highest BCUT2D eigenvalue weighted by Gasteiger charge is 2.31. The molecule has 20 heavy (non-hydrogen) atoms. The second-order valence-corrected chi connectivity index (χ2v) is 6.04. The molecule has 0 aromatic heterocycles. The normalized spacial score (nSPS) is 31.8. The quantitative estimate of drug-likeness (QED) is 0.797. The lowest BCUT2D eigenvalue weighted by Gasteiger charge is -2.45. The third kappa shape index (κ3) is 3.61. The molecule has 1 aliphatic carbocycles. The molecular formula is C16H28FN3. The van der Waals surface area contributed by atoms with Gasteiger partial charge < -0.3 is 5.32 Å². The van der Waals surface area contributed by atoms with E-state index >= 15 is 0 Å². The van der Waals surface area contributed by atoms with Crippen molar-refractivity contribution in [3.63, 3.8) is 0 Å². The van der Waals surface area contributed by atoms with E-state index in [9.17, 15) is 4.39 Å². The van der Waals surface area contributed by atoms with Gasteiger partial charge in [-0.25, -0.2) is 4.39 Å². The van der Waals surface area contributed by atoms with Crippen LogP contribution >= 0.6 is 0 Å². The first-order valence-electron chi connectivity index (χ1n) is 7.72. The highest BCUT2D eigenvalue weighted by atomic mass is 19.1. The Balaban J connectivity index is 1.97. The van der Waals surface area contributed by atoms with Gasteiger partial charge in [-0.2, -0.15) is 0 Å². The molecule has 0 radical (unpaired) electrons. The zero-order valence-electron chi connectivity index (χ0n) is 12.9. The molecule has 1 N–H and O–H groups in total. The van der Waals surface area contributed by atoms with E-state index in [-0.39, 0.29) is 6.67 Å². The SMILES string of the molecule is C=C1CC/C(=C\NC)CC1N1CCN(CCF)C(C)C1. The molecule has 1 aliphatic heterocycles. The highest BCUT2D eigenvalue weighted by molar-refractivity contribution is 5.21. The molecule has 0 spiro atoms. The van der Waals surface area contributed by atoms with E-state index in [0.29, 0.717) is 18.6 Å². The lowest BCUT2D eigenvalue weighted by atomic mass is 9.86. The number of piperazine rings is 1. The van der Waals surface area contributed by atoms with Crippen molar-refractivity contribution in [2.24, 2.45) is 0 Å². The van der Waals surface area contributed by atoms with Crippen molar-refractivity contribution in [1.82, 2.24) is 15.1 Å². The summed E-state index contributed by atoms with van der Waals surface area (Å²) in [5.74, 6) is 0. The van der Waals surface area contributed by atoms with Crippen molar-refractivity contribution in [1.29, 1.82) is 0 Å². The van der Waals surface area contributed by atoms with Crippen LogP contribution in [0.2, 0.25) is 0 Å². The molecule has 3 nitrogen and oxygen atoms in total. The maximum atomic E-state index is 12.5. The average molecular weight is 281 g/mol. The molecule has 2 fully saturated rings. The Labute approximate surface area is 122 Å². The lowest BCUT2D eigenvalue weighted by Crippen LogP contribution is -2.55. The van der Waals surface area contributed by atoms with Crippen LogP contribution < -0.4 is 5.32 Å². The van der Waals surface area contributed by atoms with Gasteiger partial charge in [-0.3, -0.25) is 9.80 Å². The third-order valence-electron chi connectivity index (χ3n) is 4.65. The van der Waals surface area contributed by atoms with Gasteiger partial charge in [-0.05, 0) is 32.4 Å². The van der Waals surface area contributed by atoms with E-state index in [0.717, 1.165) is 38.9 Å². The van der Waals surface area contributed by atoms with Gasteiger partial charge in [-0.15, -0.1) is 0 Å². The standard InChI is InChI=1S/C16H28FN3/c1-13-4-5-15(11-18-3)10-16(13)20-9-8-19(7-6-17)14(2)12-20/h11,14,16,18H,1,4-10,12H2,2-3H3/b15-11+. The summed E-state index contributed by atoms with van der Waals surface area (Å²) in [5, 5.41) is 3.15. The fourth-order valence-electron chi connectivity index (χ4n) is 3.45. The molecule has 1 heterocycles. The number of nitrogens with zero attached hydrogens (tertiary/aromatic N) is 2. The van der Waals surface area contributed by atoms with Crippen LogP contribution in [0.25, 0.3) is 0 Å². The van der Waals surface area contributed by atoms with Crippen LogP contribution in [0.15, 0.2) is 23.9 Å². The van der Waals surface area contributed by atoms with Crippen molar-refractivity contribution >= 4 is 0 Å². The van der Waals surface area contributed by atoms with Gasteiger partial charge in [0.2, 0.25) is 0 Å². The molecule has 0 aromatic carbocycles. The molecule has 0 aromatic rings. The minimum atomic E-state index is -0.241. The Hall–Kier alpha value is -0.870. The zero-order valence-corrected chi connectivity index (χ0v) is 12.9. The Morgan fingerprint density at radius 1 is 1.40 bits per heavy atom. The molecule has 2 unspecified atom stereocenters. The van der Waals surface area contributed by atoms with Crippen molar-refractivity contribution in [3.05, 3.63) is 23.9 Å². The molecule has 0 amide bonds. The van der Waals surface area contributed by atoms with Gasteiger partial charge in [0, 0.05) is 45.3 Å². The maximum absolute atomic E-state index is 12.5. The topological polar surface area (TPSA) is 18.5 Å². The van der Waals surface area contributed by atoms with E-state index < -0.39 is 0 Å². The largest absolute Gasteiger partial charge is 0.394 e. The van der Waals surface area contributed by atoms with Crippen LogP contribution in [-0.2, 0) is 0 Å².